The molecule has 20 atom stereocenters. The fraction of sp³-hybridized carbons (Fsp3) is 0.938. The molecule has 0 aromatic heterocycles. The summed E-state index contributed by atoms with van der Waals surface area (Å²) in [5.74, 6) is -2.55. The second-order valence-corrected chi connectivity index (χ2v) is 15.1. The maximum absolute atomic E-state index is 12.7. The fourth-order valence-corrected chi connectivity index (χ4v) is 8.20. The van der Waals surface area contributed by atoms with E-state index < -0.39 is 146 Å². The number of aliphatic hydroxyl groups is 6. The number of unbranched alkanes of at least 4 members (excludes halogenated alkanes) is 1. The van der Waals surface area contributed by atoms with Crippen LogP contribution in [0.25, 0.3) is 0 Å². The van der Waals surface area contributed by atoms with Gasteiger partial charge in [-0.1, -0.05) is 0 Å². The second kappa shape index (κ2) is 20.1. The average molecular weight is 781 g/mol. The summed E-state index contributed by atoms with van der Waals surface area (Å²) < 4.78 is 23.5. The van der Waals surface area contributed by atoms with E-state index in [2.05, 4.69) is 10.6 Å². The summed E-state index contributed by atoms with van der Waals surface area (Å²) in [6.07, 6.45) is -12.4. The first-order chi connectivity index (χ1) is 25.5. The van der Waals surface area contributed by atoms with Crippen molar-refractivity contribution in [3.63, 3.8) is 0 Å². The Labute approximate surface area is 313 Å². The van der Waals surface area contributed by atoms with Crippen molar-refractivity contribution in [1.29, 1.82) is 0 Å². The predicted octanol–water partition coefficient (Wildman–Crippen LogP) is -9.61. The summed E-state index contributed by atoms with van der Waals surface area (Å²) >= 11 is 0. The summed E-state index contributed by atoms with van der Waals surface area (Å²) in [5.41, 5.74) is 48.8. The van der Waals surface area contributed by atoms with Crippen LogP contribution in [0, 0.1) is 11.8 Å². The molecule has 4 fully saturated rings. The van der Waals surface area contributed by atoms with Gasteiger partial charge in [-0.2, -0.15) is 0 Å². The SMILES string of the molecule is NC[C@H]1O[C@H]([C@H]2[C@H](OCC(=O)NCCCCNC(=O)CO[C@@H]3[C@@H](O)[C@H](N)C[C@H](N)[C@H]3[C@H]3O[C@H](CN)[C@@H](O)[C@H](O)[C@H]3N)[C@@H](O)[C@H](N)C[C@@H]2N)[C@H](N)[C@@H](O)[C@@H]1O. The van der Waals surface area contributed by atoms with Gasteiger partial charge in [0.05, 0.1) is 60.9 Å². The van der Waals surface area contributed by atoms with Crippen LogP contribution >= 0.6 is 0 Å². The molecule has 4 aliphatic rings. The Balaban J connectivity index is 1.21. The van der Waals surface area contributed by atoms with Crippen molar-refractivity contribution in [3.05, 3.63) is 0 Å². The van der Waals surface area contributed by atoms with Gasteiger partial charge in [-0.3, -0.25) is 9.59 Å². The summed E-state index contributed by atoms with van der Waals surface area (Å²) in [7, 11) is 0. The highest BCUT2D eigenvalue weighted by atomic mass is 16.5. The second-order valence-electron chi connectivity index (χ2n) is 15.1. The molecule has 22 nitrogen and oxygen atoms in total. The number of nitrogens with two attached hydrogens (primary N) is 8. The molecule has 0 bridgehead atoms. The zero-order valence-corrected chi connectivity index (χ0v) is 30.4. The van der Waals surface area contributed by atoms with E-state index in [0.29, 0.717) is 12.8 Å². The van der Waals surface area contributed by atoms with Gasteiger partial charge in [-0.25, -0.2) is 0 Å². The van der Waals surface area contributed by atoms with Gasteiger partial charge in [-0.05, 0) is 25.7 Å². The molecule has 2 saturated carbocycles. The number of carbonyl (C=O) groups is 2. The number of ether oxygens (including phenoxy) is 4. The molecule has 2 heterocycles. The molecular weight excluding hydrogens is 716 g/mol. The minimum absolute atomic E-state index is 0.103. The van der Waals surface area contributed by atoms with Crippen LogP contribution in [-0.2, 0) is 28.5 Å². The lowest BCUT2D eigenvalue weighted by Crippen LogP contribution is -2.70. The van der Waals surface area contributed by atoms with Crippen LogP contribution in [0.5, 0.6) is 0 Å². The topological polar surface area (TPSA) is 425 Å². The number of carbonyl (C=O) groups excluding carboxylic acids is 2. The third-order valence-electron chi connectivity index (χ3n) is 11.3. The third kappa shape index (κ3) is 10.2. The molecule has 54 heavy (non-hydrogen) atoms. The van der Waals surface area contributed by atoms with Gasteiger partial charge in [0.25, 0.3) is 0 Å². The average Bonchev–Trinajstić information content (AvgIpc) is 3.13. The molecule has 2 saturated heterocycles. The van der Waals surface area contributed by atoms with Crippen LogP contribution in [0.4, 0.5) is 0 Å². The summed E-state index contributed by atoms with van der Waals surface area (Å²) in [5, 5.41) is 68.9. The lowest BCUT2D eigenvalue weighted by atomic mass is 9.71. The minimum Gasteiger partial charge on any atom is -0.389 e. The van der Waals surface area contributed by atoms with Crippen LogP contribution in [-0.4, -0.2) is 191 Å². The van der Waals surface area contributed by atoms with Crippen molar-refractivity contribution < 1.29 is 59.2 Å². The van der Waals surface area contributed by atoms with Gasteiger partial charge in [0.15, 0.2) is 0 Å². The highest BCUT2D eigenvalue weighted by Gasteiger charge is 2.54. The van der Waals surface area contributed by atoms with E-state index in [1.165, 1.54) is 0 Å². The molecule has 0 radical (unpaired) electrons. The monoisotopic (exact) mass is 780 g/mol. The molecule has 314 valence electrons. The highest BCUT2D eigenvalue weighted by molar-refractivity contribution is 5.77. The number of aliphatic hydroxyl groups excluding tert-OH is 6. The predicted molar refractivity (Wildman–Crippen MR) is 190 cm³/mol. The van der Waals surface area contributed by atoms with Gasteiger partial charge >= 0.3 is 0 Å². The van der Waals surface area contributed by atoms with Crippen LogP contribution in [0.2, 0.25) is 0 Å². The lowest BCUT2D eigenvalue weighted by Gasteiger charge is -2.50. The van der Waals surface area contributed by atoms with E-state index in [-0.39, 0.29) is 39.0 Å². The largest absolute Gasteiger partial charge is 0.389 e. The first-order valence-corrected chi connectivity index (χ1v) is 18.6. The normalized spacial score (nSPS) is 45.8. The van der Waals surface area contributed by atoms with Crippen molar-refractivity contribution in [2.75, 3.05) is 39.4 Å². The van der Waals surface area contributed by atoms with E-state index in [9.17, 15) is 40.2 Å². The molecular formula is C32H64N10O12. The molecule has 0 unspecified atom stereocenters. The molecule has 0 aromatic carbocycles. The van der Waals surface area contributed by atoms with Gasteiger partial charge in [0.2, 0.25) is 11.8 Å². The van der Waals surface area contributed by atoms with E-state index >= 15 is 0 Å². The number of hydrogen-bond donors (Lipinski definition) is 16. The minimum atomic E-state index is -1.37. The van der Waals surface area contributed by atoms with E-state index in [1.807, 2.05) is 0 Å². The highest BCUT2D eigenvalue weighted by Crippen LogP contribution is 2.37. The Kier molecular flexibility index (Phi) is 16.7. The quantitative estimate of drug-likeness (QED) is 0.0686. The van der Waals surface area contributed by atoms with Gasteiger partial charge in [-0.15, -0.1) is 0 Å². The third-order valence-corrected chi connectivity index (χ3v) is 11.3. The molecule has 22 heteroatoms. The molecule has 2 amide bonds. The van der Waals surface area contributed by atoms with Gasteiger partial charge in [0, 0.05) is 62.2 Å². The van der Waals surface area contributed by atoms with Crippen LogP contribution < -0.4 is 56.5 Å². The van der Waals surface area contributed by atoms with Crippen molar-refractivity contribution in [3.8, 4) is 0 Å². The van der Waals surface area contributed by atoms with Crippen LogP contribution in [0.15, 0.2) is 0 Å². The number of amides is 2. The van der Waals surface area contributed by atoms with E-state index in [4.69, 9.17) is 64.8 Å². The van der Waals surface area contributed by atoms with Crippen molar-refractivity contribution in [2.45, 2.75) is 135 Å². The first kappa shape index (κ1) is 44.9. The maximum Gasteiger partial charge on any atom is 0.246 e. The molecule has 24 N–H and O–H groups in total. The first-order valence-electron chi connectivity index (χ1n) is 18.6. The summed E-state index contributed by atoms with van der Waals surface area (Å²) in [6.45, 7) is -0.642. The smallest absolute Gasteiger partial charge is 0.246 e. The molecule has 2 aliphatic carbocycles. The van der Waals surface area contributed by atoms with Crippen molar-refractivity contribution in [2.24, 2.45) is 57.7 Å². The number of nitrogens with one attached hydrogen (secondary N) is 2. The zero-order chi connectivity index (χ0) is 40.0. The van der Waals surface area contributed by atoms with Crippen LogP contribution in [0.1, 0.15) is 25.7 Å². The van der Waals surface area contributed by atoms with E-state index in [0.717, 1.165) is 0 Å². The Morgan fingerprint density at radius 3 is 1.24 bits per heavy atom. The maximum atomic E-state index is 12.7. The van der Waals surface area contributed by atoms with Crippen molar-refractivity contribution >= 4 is 11.8 Å². The Hall–Kier alpha value is -1.78. The molecule has 0 spiro atoms. The fourth-order valence-electron chi connectivity index (χ4n) is 8.20. The Morgan fingerprint density at radius 2 is 0.907 bits per heavy atom. The number of rotatable bonds is 15. The molecule has 2 aliphatic heterocycles. The van der Waals surface area contributed by atoms with Gasteiger partial charge < -0.3 is 106 Å². The van der Waals surface area contributed by atoms with Crippen LogP contribution in [0.3, 0.4) is 0 Å². The Morgan fingerprint density at radius 1 is 0.556 bits per heavy atom. The zero-order valence-electron chi connectivity index (χ0n) is 30.4. The lowest BCUT2D eigenvalue weighted by molar-refractivity contribution is -0.217. The summed E-state index contributed by atoms with van der Waals surface area (Å²) in [4.78, 5) is 25.4. The molecule has 4 rings (SSSR count). The standard InChI is InChI=1S/C32H64N10O12/c33-7-15-25(47)27(49)21(39)29(53-15)19-11(35)5-13(37)23(45)31(19)51-9-17(43)41-3-1-2-4-42-18(44)10-52-32-20(12(36)6-14(38)24(32)46)30-22(40)28(50)26(48)16(8-34)54-30/h11-16,19-32,45-50H,1-10,33-40H2,(H,41,43)(H,42,44)/t11-,12-,13+,14+,15+,16+,19-,20-,21+,22+,23-,24-,25+,26+,27+,28+,29+,30+,31-,32-/m0/s1. The van der Waals surface area contributed by atoms with Gasteiger partial charge in [0.1, 0.15) is 37.6 Å². The van der Waals surface area contributed by atoms with Crippen molar-refractivity contribution in [1.82, 2.24) is 10.6 Å². The molecule has 0 aromatic rings. The number of hydrogen-bond acceptors (Lipinski definition) is 20. The Bertz CT molecular complexity index is 1110. The summed E-state index contributed by atoms with van der Waals surface area (Å²) in [6, 6.07) is -5.01. The van der Waals surface area contributed by atoms with E-state index in [1.54, 1.807) is 0 Å².